The Balaban J connectivity index is 2.81. The van der Waals surface area contributed by atoms with E-state index in [1.807, 2.05) is 6.92 Å². The van der Waals surface area contributed by atoms with Crippen LogP contribution in [0.3, 0.4) is 0 Å². The molecule has 0 saturated heterocycles. The number of aliphatic hydroxyl groups excluding tert-OH is 1. The van der Waals surface area contributed by atoms with Gasteiger partial charge in [0.15, 0.2) is 0 Å². The van der Waals surface area contributed by atoms with Crippen molar-refractivity contribution in [2.24, 2.45) is 0 Å². The molecule has 1 atom stereocenters. The predicted molar refractivity (Wildman–Crippen MR) is 73.6 cm³/mol. The van der Waals surface area contributed by atoms with Gasteiger partial charge in [0, 0.05) is 24.8 Å². The summed E-state index contributed by atoms with van der Waals surface area (Å²) in [7, 11) is 1.74. The fraction of sp³-hybridized carbons (Fsp3) is 0.500. The van der Waals surface area contributed by atoms with E-state index in [-0.39, 0.29) is 12.5 Å². The first-order valence-corrected chi connectivity index (χ1v) is 6.41. The maximum Gasteiger partial charge on any atom is 0.239 e. The Morgan fingerprint density at radius 3 is 2.79 bits per heavy atom. The van der Waals surface area contributed by atoms with Gasteiger partial charge in [0.25, 0.3) is 0 Å². The molecule has 0 aliphatic rings. The minimum atomic E-state index is -0.785. The van der Waals surface area contributed by atoms with Crippen molar-refractivity contribution in [2.75, 3.05) is 25.0 Å². The van der Waals surface area contributed by atoms with E-state index in [9.17, 15) is 14.3 Å². The third-order valence-electron chi connectivity index (χ3n) is 2.80. The van der Waals surface area contributed by atoms with Crippen molar-refractivity contribution < 1.29 is 14.3 Å². The Bertz CT molecular complexity index is 435. The average Bonchev–Trinajstić information content (AvgIpc) is 2.35. The van der Waals surface area contributed by atoms with Crippen LogP contribution in [-0.4, -0.2) is 31.2 Å². The normalized spacial score (nSPS) is 12.1. The fourth-order valence-corrected chi connectivity index (χ4v) is 1.83. The number of likely N-dealkylation sites (N-methyl/N-ethyl adjacent to an activating group) is 1. The minimum absolute atomic E-state index is 0.0924. The lowest BCUT2D eigenvalue weighted by Gasteiger charge is -2.23. The zero-order valence-electron chi connectivity index (χ0n) is 11.6. The van der Waals surface area contributed by atoms with E-state index < -0.39 is 11.9 Å². The molecule has 0 heterocycles. The first kappa shape index (κ1) is 15.4. The first-order valence-electron chi connectivity index (χ1n) is 6.41. The number of anilines is 1. The van der Waals surface area contributed by atoms with Crippen LogP contribution in [0, 0.1) is 5.82 Å². The van der Waals surface area contributed by atoms with Crippen LogP contribution in [0.25, 0.3) is 0 Å². The number of benzene rings is 1. The number of carbonyl (C=O) groups excluding carboxylic acids is 1. The zero-order valence-corrected chi connectivity index (χ0v) is 11.6. The summed E-state index contributed by atoms with van der Waals surface area (Å²) in [6.07, 6.45) is 0.0946. The summed E-state index contributed by atoms with van der Waals surface area (Å²) >= 11 is 0. The molecule has 0 bridgehead atoms. The lowest BCUT2D eigenvalue weighted by molar-refractivity contribution is -0.119. The van der Waals surface area contributed by atoms with Gasteiger partial charge in [-0.1, -0.05) is 6.92 Å². The molecule has 1 aromatic carbocycles. The molecule has 0 saturated carbocycles. The van der Waals surface area contributed by atoms with Gasteiger partial charge in [-0.3, -0.25) is 4.79 Å². The molecule has 106 valence electrons. The standard InChI is InChI=1S/C14H21FN2O2/c1-4-7-16-14(19)9-17(3)13-6-5-11(15)8-12(13)10(2)18/h5-6,8,10,18H,4,7,9H2,1-3H3,(H,16,19). The van der Waals surface area contributed by atoms with Crippen LogP contribution in [-0.2, 0) is 4.79 Å². The highest BCUT2D eigenvalue weighted by Gasteiger charge is 2.14. The van der Waals surface area contributed by atoms with E-state index in [0.29, 0.717) is 17.8 Å². The Labute approximate surface area is 113 Å². The number of halogens is 1. The van der Waals surface area contributed by atoms with Crippen LogP contribution in [0.1, 0.15) is 31.9 Å². The number of nitrogens with one attached hydrogen (secondary N) is 1. The second kappa shape index (κ2) is 7.09. The molecular formula is C14H21FN2O2. The van der Waals surface area contributed by atoms with Crippen molar-refractivity contribution in [3.8, 4) is 0 Å². The number of hydrogen-bond acceptors (Lipinski definition) is 3. The number of amides is 1. The molecule has 1 amide bonds. The number of hydrogen-bond donors (Lipinski definition) is 2. The van der Waals surface area contributed by atoms with Gasteiger partial charge in [0.1, 0.15) is 5.82 Å². The van der Waals surface area contributed by atoms with Gasteiger partial charge in [-0.2, -0.15) is 0 Å². The van der Waals surface area contributed by atoms with Crippen molar-refractivity contribution in [2.45, 2.75) is 26.4 Å². The van der Waals surface area contributed by atoms with Gasteiger partial charge in [-0.15, -0.1) is 0 Å². The third-order valence-corrected chi connectivity index (χ3v) is 2.80. The summed E-state index contributed by atoms with van der Waals surface area (Å²) in [4.78, 5) is 13.3. The zero-order chi connectivity index (χ0) is 14.4. The Morgan fingerprint density at radius 2 is 2.21 bits per heavy atom. The van der Waals surface area contributed by atoms with Crippen molar-refractivity contribution in [3.63, 3.8) is 0 Å². The molecule has 19 heavy (non-hydrogen) atoms. The summed E-state index contributed by atoms with van der Waals surface area (Å²) in [5, 5.41) is 12.4. The fourth-order valence-electron chi connectivity index (χ4n) is 1.83. The first-order chi connectivity index (χ1) is 8.95. The van der Waals surface area contributed by atoms with Crippen LogP contribution in [0.15, 0.2) is 18.2 Å². The van der Waals surface area contributed by atoms with Crippen molar-refractivity contribution in [3.05, 3.63) is 29.6 Å². The van der Waals surface area contributed by atoms with Gasteiger partial charge < -0.3 is 15.3 Å². The molecular weight excluding hydrogens is 247 g/mol. The number of carbonyl (C=O) groups is 1. The Kier molecular flexibility index (Phi) is 5.76. The van der Waals surface area contributed by atoms with E-state index in [4.69, 9.17) is 0 Å². The summed E-state index contributed by atoms with van der Waals surface area (Å²) in [5.41, 5.74) is 1.13. The quantitative estimate of drug-likeness (QED) is 0.827. The van der Waals surface area contributed by atoms with Crippen LogP contribution in [0.2, 0.25) is 0 Å². The lowest BCUT2D eigenvalue weighted by Crippen LogP contribution is -2.35. The van der Waals surface area contributed by atoms with Gasteiger partial charge in [-0.05, 0) is 31.5 Å². The van der Waals surface area contributed by atoms with Gasteiger partial charge in [0.2, 0.25) is 5.91 Å². The topological polar surface area (TPSA) is 52.6 Å². The highest BCUT2D eigenvalue weighted by atomic mass is 19.1. The Hall–Kier alpha value is -1.62. The maximum atomic E-state index is 13.2. The van der Waals surface area contributed by atoms with Crippen molar-refractivity contribution >= 4 is 11.6 Å². The highest BCUT2D eigenvalue weighted by Crippen LogP contribution is 2.26. The summed E-state index contributed by atoms with van der Waals surface area (Å²) in [6.45, 7) is 4.36. The van der Waals surface area contributed by atoms with Crippen LogP contribution >= 0.6 is 0 Å². The van der Waals surface area contributed by atoms with E-state index >= 15 is 0 Å². The summed E-state index contributed by atoms with van der Waals surface area (Å²) in [6, 6.07) is 4.19. The highest BCUT2D eigenvalue weighted by molar-refractivity contribution is 5.81. The molecule has 0 aromatic heterocycles. The van der Waals surface area contributed by atoms with Crippen LogP contribution in [0.5, 0.6) is 0 Å². The van der Waals surface area contributed by atoms with Crippen LogP contribution in [0.4, 0.5) is 10.1 Å². The molecule has 0 aliphatic heterocycles. The smallest absolute Gasteiger partial charge is 0.239 e. The molecule has 0 fully saturated rings. The van der Waals surface area contributed by atoms with Crippen molar-refractivity contribution in [1.29, 1.82) is 0 Å². The predicted octanol–water partition coefficient (Wildman–Crippen LogP) is 1.84. The summed E-state index contributed by atoms with van der Waals surface area (Å²) < 4.78 is 13.2. The van der Waals surface area contributed by atoms with E-state index in [2.05, 4.69) is 5.32 Å². The summed E-state index contributed by atoms with van der Waals surface area (Å²) in [5.74, 6) is -0.492. The second-order valence-corrected chi connectivity index (χ2v) is 4.59. The second-order valence-electron chi connectivity index (χ2n) is 4.59. The van der Waals surface area contributed by atoms with Gasteiger partial charge in [0.05, 0.1) is 12.6 Å². The molecule has 0 spiro atoms. The minimum Gasteiger partial charge on any atom is -0.389 e. The maximum absolute atomic E-state index is 13.2. The molecule has 1 rings (SSSR count). The molecule has 5 heteroatoms. The van der Waals surface area contributed by atoms with Crippen LogP contribution < -0.4 is 10.2 Å². The van der Waals surface area contributed by atoms with E-state index in [1.54, 1.807) is 24.9 Å². The largest absolute Gasteiger partial charge is 0.389 e. The van der Waals surface area contributed by atoms with Gasteiger partial charge >= 0.3 is 0 Å². The molecule has 1 aromatic rings. The third kappa shape index (κ3) is 4.52. The molecule has 0 aliphatic carbocycles. The van der Waals surface area contributed by atoms with E-state index in [1.165, 1.54) is 12.1 Å². The average molecular weight is 268 g/mol. The Morgan fingerprint density at radius 1 is 1.53 bits per heavy atom. The monoisotopic (exact) mass is 268 g/mol. The number of aliphatic hydroxyl groups is 1. The number of rotatable bonds is 6. The SMILES string of the molecule is CCCNC(=O)CN(C)c1ccc(F)cc1C(C)O. The molecule has 4 nitrogen and oxygen atoms in total. The molecule has 0 radical (unpaired) electrons. The number of nitrogens with zero attached hydrogens (tertiary/aromatic N) is 1. The van der Waals surface area contributed by atoms with Crippen molar-refractivity contribution in [1.82, 2.24) is 5.32 Å². The molecule has 1 unspecified atom stereocenters. The molecule has 2 N–H and O–H groups in total. The van der Waals surface area contributed by atoms with Gasteiger partial charge in [-0.25, -0.2) is 4.39 Å². The lowest BCUT2D eigenvalue weighted by atomic mass is 10.1. The van der Waals surface area contributed by atoms with E-state index in [0.717, 1.165) is 6.42 Å².